The Bertz CT molecular complexity index is 341. The lowest BCUT2D eigenvalue weighted by atomic mass is 10.4. The molecule has 1 aromatic heterocycles. The van der Waals surface area contributed by atoms with Crippen molar-refractivity contribution in [2.24, 2.45) is 0 Å². The van der Waals surface area contributed by atoms with Crippen molar-refractivity contribution in [3.63, 3.8) is 0 Å². The van der Waals surface area contributed by atoms with Crippen molar-refractivity contribution < 1.29 is 14.6 Å². The normalized spacial score (nSPS) is 10.6. The van der Waals surface area contributed by atoms with Gasteiger partial charge in [0.25, 0.3) is 0 Å². The van der Waals surface area contributed by atoms with Crippen molar-refractivity contribution in [1.82, 2.24) is 9.55 Å². The number of imidazole rings is 1. The second-order valence-electron chi connectivity index (χ2n) is 3.55. The molecule has 0 saturated carbocycles. The fourth-order valence-electron chi connectivity index (χ4n) is 1.24. The third kappa shape index (κ3) is 5.74. The number of unbranched alkanes of at least 4 members (excludes halogenated alkanes) is 1. The summed E-state index contributed by atoms with van der Waals surface area (Å²) in [7, 11) is 0. The minimum absolute atomic E-state index is 0.0354. The highest BCUT2D eigenvalue weighted by molar-refractivity contribution is 7.99. The van der Waals surface area contributed by atoms with E-state index in [-0.39, 0.29) is 5.75 Å². The average Bonchev–Trinajstić information content (AvgIpc) is 2.73. The summed E-state index contributed by atoms with van der Waals surface area (Å²) in [5, 5.41) is 9.32. The van der Waals surface area contributed by atoms with E-state index in [9.17, 15) is 4.79 Å². The number of hydrogen-bond donors (Lipinski definition) is 1. The van der Waals surface area contributed by atoms with E-state index in [0.29, 0.717) is 13.2 Å². The van der Waals surface area contributed by atoms with E-state index in [2.05, 4.69) is 11.9 Å². The van der Waals surface area contributed by atoms with E-state index in [1.807, 2.05) is 10.8 Å². The predicted molar refractivity (Wildman–Crippen MR) is 66.3 cm³/mol. The van der Waals surface area contributed by atoms with Gasteiger partial charge in [0.2, 0.25) is 0 Å². The standard InChI is InChI=1S/C11H18N2O3S/c1-2-3-7-16-8-6-13-5-4-12-11(13)17-9-10(14)15/h4-5H,2-3,6-9H2,1H3,(H,14,15). The van der Waals surface area contributed by atoms with Gasteiger partial charge in [-0.3, -0.25) is 4.79 Å². The first-order chi connectivity index (χ1) is 8.24. The smallest absolute Gasteiger partial charge is 0.313 e. The van der Waals surface area contributed by atoms with Gasteiger partial charge in [0.05, 0.1) is 12.4 Å². The summed E-state index contributed by atoms with van der Waals surface area (Å²) in [4.78, 5) is 14.6. The van der Waals surface area contributed by atoms with Crippen LogP contribution in [0.1, 0.15) is 19.8 Å². The molecule has 96 valence electrons. The molecule has 1 rings (SSSR count). The molecule has 1 aromatic rings. The summed E-state index contributed by atoms with van der Waals surface area (Å²) in [6, 6.07) is 0. The Balaban J connectivity index is 2.27. The molecule has 0 aliphatic rings. The first kappa shape index (κ1) is 14.1. The van der Waals surface area contributed by atoms with Gasteiger partial charge >= 0.3 is 5.97 Å². The monoisotopic (exact) mass is 258 g/mol. The third-order valence-corrected chi connectivity index (χ3v) is 3.11. The largest absolute Gasteiger partial charge is 0.481 e. The molecule has 0 amide bonds. The van der Waals surface area contributed by atoms with Crippen LogP contribution in [-0.4, -0.2) is 39.6 Å². The van der Waals surface area contributed by atoms with Crippen molar-refractivity contribution in [2.45, 2.75) is 31.5 Å². The molecule has 17 heavy (non-hydrogen) atoms. The fraction of sp³-hybridized carbons (Fsp3) is 0.636. The van der Waals surface area contributed by atoms with Gasteiger partial charge < -0.3 is 14.4 Å². The first-order valence-corrected chi connectivity index (χ1v) is 6.66. The summed E-state index contributed by atoms with van der Waals surface area (Å²) in [6.07, 6.45) is 5.72. The number of nitrogens with zero attached hydrogens (tertiary/aromatic N) is 2. The zero-order chi connectivity index (χ0) is 12.5. The number of aromatic nitrogens is 2. The maximum Gasteiger partial charge on any atom is 0.313 e. The van der Waals surface area contributed by atoms with Gasteiger partial charge in [0.1, 0.15) is 0 Å². The quantitative estimate of drug-likeness (QED) is 0.541. The molecule has 0 radical (unpaired) electrons. The summed E-state index contributed by atoms with van der Waals surface area (Å²) >= 11 is 1.23. The zero-order valence-corrected chi connectivity index (χ0v) is 10.8. The van der Waals surface area contributed by atoms with Crippen molar-refractivity contribution in [2.75, 3.05) is 19.0 Å². The second-order valence-corrected chi connectivity index (χ2v) is 4.49. The maximum atomic E-state index is 10.5. The fourth-order valence-corrected chi connectivity index (χ4v) is 1.95. The molecule has 0 aliphatic heterocycles. The molecule has 1 heterocycles. The van der Waals surface area contributed by atoms with Gasteiger partial charge in [-0.2, -0.15) is 0 Å². The number of ether oxygens (including phenoxy) is 1. The van der Waals surface area contributed by atoms with Crippen LogP contribution in [0.5, 0.6) is 0 Å². The van der Waals surface area contributed by atoms with E-state index in [4.69, 9.17) is 9.84 Å². The highest BCUT2D eigenvalue weighted by Gasteiger charge is 2.05. The van der Waals surface area contributed by atoms with E-state index >= 15 is 0 Å². The Labute approximate surface area is 105 Å². The second kappa shape index (κ2) is 8.14. The molecule has 0 aromatic carbocycles. The van der Waals surface area contributed by atoms with E-state index in [1.165, 1.54) is 11.8 Å². The van der Waals surface area contributed by atoms with Crippen LogP contribution in [0.4, 0.5) is 0 Å². The molecule has 6 heteroatoms. The van der Waals surface area contributed by atoms with Crippen molar-refractivity contribution >= 4 is 17.7 Å². The Hall–Kier alpha value is -1.01. The topological polar surface area (TPSA) is 64.4 Å². The minimum Gasteiger partial charge on any atom is -0.481 e. The number of thioether (sulfide) groups is 1. The molecule has 0 fully saturated rings. The lowest BCUT2D eigenvalue weighted by Crippen LogP contribution is -2.08. The van der Waals surface area contributed by atoms with Crippen LogP contribution in [0.2, 0.25) is 0 Å². The van der Waals surface area contributed by atoms with Crippen molar-refractivity contribution in [3.8, 4) is 0 Å². The number of aliphatic carboxylic acids is 1. The molecular formula is C11H18N2O3S. The number of carboxylic acid groups (broad SMARTS) is 1. The Kier molecular flexibility index (Phi) is 6.73. The number of rotatable bonds is 9. The van der Waals surface area contributed by atoms with Gasteiger partial charge in [0, 0.05) is 25.5 Å². The summed E-state index contributed by atoms with van der Waals surface area (Å²) in [5.41, 5.74) is 0. The summed E-state index contributed by atoms with van der Waals surface area (Å²) in [6.45, 7) is 4.26. The Morgan fingerprint density at radius 2 is 2.41 bits per heavy atom. The zero-order valence-electron chi connectivity index (χ0n) is 9.96. The third-order valence-electron chi connectivity index (χ3n) is 2.12. The minimum atomic E-state index is -0.830. The van der Waals surface area contributed by atoms with Crippen LogP contribution >= 0.6 is 11.8 Å². The van der Waals surface area contributed by atoms with Crippen LogP contribution in [0.25, 0.3) is 0 Å². The van der Waals surface area contributed by atoms with E-state index in [1.54, 1.807) is 6.20 Å². The average molecular weight is 258 g/mol. The van der Waals surface area contributed by atoms with Crippen LogP contribution in [0.15, 0.2) is 17.6 Å². The molecule has 0 atom stereocenters. The van der Waals surface area contributed by atoms with Crippen LogP contribution < -0.4 is 0 Å². The lowest BCUT2D eigenvalue weighted by molar-refractivity contribution is -0.133. The highest BCUT2D eigenvalue weighted by Crippen LogP contribution is 2.15. The van der Waals surface area contributed by atoms with Crippen molar-refractivity contribution in [3.05, 3.63) is 12.4 Å². The van der Waals surface area contributed by atoms with Gasteiger partial charge in [-0.05, 0) is 6.42 Å². The molecule has 0 saturated heterocycles. The number of carbonyl (C=O) groups is 1. The molecule has 0 aliphatic carbocycles. The summed E-state index contributed by atoms with van der Waals surface area (Å²) < 4.78 is 7.37. The number of carboxylic acids is 1. The Morgan fingerprint density at radius 1 is 1.59 bits per heavy atom. The molecule has 0 bridgehead atoms. The van der Waals surface area contributed by atoms with Gasteiger partial charge in [0.15, 0.2) is 5.16 Å². The molecule has 1 N–H and O–H groups in total. The van der Waals surface area contributed by atoms with Crippen LogP contribution in [0.3, 0.4) is 0 Å². The van der Waals surface area contributed by atoms with Gasteiger partial charge in [-0.25, -0.2) is 4.98 Å². The first-order valence-electron chi connectivity index (χ1n) is 5.67. The molecule has 5 nitrogen and oxygen atoms in total. The number of hydrogen-bond acceptors (Lipinski definition) is 4. The SMILES string of the molecule is CCCCOCCn1ccnc1SCC(=O)O. The van der Waals surface area contributed by atoms with Crippen LogP contribution in [0, 0.1) is 0 Å². The van der Waals surface area contributed by atoms with Gasteiger partial charge in [-0.1, -0.05) is 25.1 Å². The van der Waals surface area contributed by atoms with Gasteiger partial charge in [-0.15, -0.1) is 0 Å². The molecule has 0 unspecified atom stereocenters. The van der Waals surface area contributed by atoms with Crippen LogP contribution in [-0.2, 0) is 16.1 Å². The Morgan fingerprint density at radius 3 is 3.12 bits per heavy atom. The molecular weight excluding hydrogens is 240 g/mol. The predicted octanol–water partition coefficient (Wildman–Crippen LogP) is 1.88. The maximum absolute atomic E-state index is 10.5. The molecule has 0 spiro atoms. The summed E-state index contributed by atoms with van der Waals surface area (Å²) in [5.74, 6) is -0.794. The lowest BCUT2D eigenvalue weighted by Gasteiger charge is -2.07. The van der Waals surface area contributed by atoms with E-state index in [0.717, 1.165) is 24.6 Å². The van der Waals surface area contributed by atoms with Crippen molar-refractivity contribution in [1.29, 1.82) is 0 Å². The van der Waals surface area contributed by atoms with E-state index < -0.39 is 5.97 Å². The highest BCUT2D eigenvalue weighted by atomic mass is 32.2.